The van der Waals surface area contributed by atoms with Gasteiger partial charge in [0.25, 0.3) is 0 Å². The first-order valence-corrected chi connectivity index (χ1v) is 7.99. The molecule has 6 heteroatoms. The van der Waals surface area contributed by atoms with Crippen molar-refractivity contribution in [3.05, 3.63) is 52.8 Å². The van der Waals surface area contributed by atoms with Crippen molar-refractivity contribution in [1.29, 1.82) is 0 Å². The van der Waals surface area contributed by atoms with Gasteiger partial charge in [-0.25, -0.2) is 4.79 Å². The highest BCUT2D eigenvalue weighted by Crippen LogP contribution is 2.29. The number of nitrogens with zero attached hydrogens (tertiary/aromatic N) is 2. The summed E-state index contributed by atoms with van der Waals surface area (Å²) in [6.07, 6.45) is 1.67. The van der Waals surface area contributed by atoms with Crippen LogP contribution in [0, 0.1) is 0 Å². The molecule has 2 heterocycles. The zero-order valence-corrected chi connectivity index (χ0v) is 13.2. The SMILES string of the molecule is CCc1cc(CNC(=O)N2CCc3ccccc3C2CO)[nH]n1. The largest absolute Gasteiger partial charge is 0.394 e. The number of aryl methyl sites for hydroxylation is 1. The molecule has 23 heavy (non-hydrogen) atoms. The summed E-state index contributed by atoms with van der Waals surface area (Å²) in [6, 6.07) is 9.49. The fraction of sp³-hybridized carbons (Fsp3) is 0.412. The van der Waals surface area contributed by atoms with Gasteiger partial charge in [0.05, 0.1) is 30.6 Å². The van der Waals surface area contributed by atoms with E-state index in [4.69, 9.17) is 0 Å². The highest BCUT2D eigenvalue weighted by Gasteiger charge is 2.29. The molecule has 1 aliphatic rings. The Hall–Kier alpha value is -2.34. The van der Waals surface area contributed by atoms with Crippen LogP contribution in [-0.2, 0) is 19.4 Å². The third-order valence-corrected chi connectivity index (χ3v) is 4.32. The zero-order chi connectivity index (χ0) is 16.2. The molecule has 0 saturated carbocycles. The minimum absolute atomic E-state index is 0.0749. The molecule has 1 aliphatic heterocycles. The number of aromatic nitrogens is 2. The maximum Gasteiger partial charge on any atom is 0.318 e. The Kier molecular flexibility index (Phi) is 4.62. The third-order valence-electron chi connectivity index (χ3n) is 4.32. The second-order valence-corrected chi connectivity index (χ2v) is 5.74. The van der Waals surface area contributed by atoms with Gasteiger partial charge in [0.1, 0.15) is 0 Å². The number of rotatable bonds is 4. The molecule has 0 bridgehead atoms. The number of nitrogens with one attached hydrogen (secondary N) is 2. The number of fused-ring (bicyclic) bond motifs is 1. The number of carbonyl (C=O) groups is 1. The topological polar surface area (TPSA) is 81.3 Å². The van der Waals surface area contributed by atoms with Gasteiger partial charge in [-0.3, -0.25) is 5.10 Å². The van der Waals surface area contributed by atoms with E-state index >= 15 is 0 Å². The van der Waals surface area contributed by atoms with Crippen LogP contribution >= 0.6 is 0 Å². The maximum absolute atomic E-state index is 12.5. The van der Waals surface area contributed by atoms with E-state index in [0.29, 0.717) is 13.1 Å². The maximum atomic E-state index is 12.5. The minimum atomic E-state index is -0.284. The first kappa shape index (κ1) is 15.6. The van der Waals surface area contributed by atoms with Gasteiger partial charge in [-0.15, -0.1) is 0 Å². The van der Waals surface area contributed by atoms with Crippen molar-refractivity contribution >= 4 is 6.03 Å². The van der Waals surface area contributed by atoms with Crippen LogP contribution in [0.1, 0.15) is 35.5 Å². The molecular weight excluding hydrogens is 292 g/mol. The van der Waals surface area contributed by atoms with Gasteiger partial charge < -0.3 is 15.3 Å². The lowest BCUT2D eigenvalue weighted by Crippen LogP contribution is -2.46. The van der Waals surface area contributed by atoms with Crippen molar-refractivity contribution < 1.29 is 9.90 Å². The molecule has 1 unspecified atom stereocenters. The number of H-pyrrole nitrogens is 1. The van der Waals surface area contributed by atoms with Crippen molar-refractivity contribution in [2.75, 3.05) is 13.2 Å². The number of aromatic amines is 1. The monoisotopic (exact) mass is 314 g/mol. The average molecular weight is 314 g/mol. The molecule has 122 valence electrons. The second kappa shape index (κ2) is 6.83. The van der Waals surface area contributed by atoms with Crippen LogP contribution < -0.4 is 5.32 Å². The molecule has 2 amide bonds. The number of aliphatic hydroxyl groups is 1. The van der Waals surface area contributed by atoms with Gasteiger partial charge in [0.2, 0.25) is 0 Å². The summed E-state index contributed by atoms with van der Waals surface area (Å²) in [7, 11) is 0. The van der Waals surface area contributed by atoms with Gasteiger partial charge >= 0.3 is 6.03 Å². The number of urea groups is 1. The molecule has 0 saturated heterocycles. The fourth-order valence-electron chi connectivity index (χ4n) is 3.04. The van der Waals surface area contributed by atoms with E-state index < -0.39 is 0 Å². The molecule has 3 N–H and O–H groups in total. The molecule has 1 aromatic carbocycles. The van der Waals surface area contributed by atoms with Crippen molar-refractivity contribution in [3.8, 4) is 0 Å². The molecule has 0 spiro atoms. The van der Waals surface area contributed by atoms with Crippen LogP contribution in [0.3, 0.4) is 0 Å². The Morgan fingerprint density at radius 1 is 1.48 bits per heavy atom. The summed E-state index contributed by atoms with van der Waals surface area (Å²) in [5, 5.41) is 19.7. The standard InChI is InChI=1S/C17H22N4O2/c1-2-13-9-14(20-19-13)10-18-17(23)21-8-7-12-5-3-4-6-15(12)16(21)11-22/h3-6,9,16,22H,2,7-8,10-11H2,1H3,(H,18,23)(H,19,20). The number of carbonyl (C=O) groups excluding carboxylic acids is 1. The van der Waals surface area contributed by atoms with Crippen LogP contribution in [0.5, 0.6) is 0 Å². The normalized spacial score (nSPS) is 17.0. The van der Waals surface area contributed by atoms with E-state index in [1.54, 1.807) is 4.90 Å². The van der Waals surface area contributed by atoms with Crippen molar-refractivity contribution in [3.63, 3.8) is 0 Å². The minimum Gasteiger partial charge on any atom is -0.394 e. The zero-order valence-electron chi connectivity index (χ0n) is 13.2. The Bertz CT molecular complexity index is 683. The summed E-state index contributed by atoms with van der Waals surface area (Å²) in [5.74, 6) is 0. The van der Waals surface area contributed by atoms with Gasteiger partial charge in [-0.2, -0.15) is 5.10 Å². The lowest BCUT2D eigenvalue weighted by Gasteiger charge is -2.36. The van der Waals surface area contributed by atoms with E-state index in [1.165, 1.54) is 5.56 Å². The Labute approximate surface area is 135 Å². The molecule has 1 atom stereocenters. The molecule has 3 rings (SSSR count). The Morgan fingerprint density at radius 2 is 2.30 bits per heavy atom. The number of aliphatic hydroxyl groups excluding tert-OH is 1. The van der Waals surface area contributed by atoms with E-state index in [0.717, 1.165) is 29.8 Å². The molecule has 1 aromatic heterocycles. The first-order chi connectivity index (χ1) is 11.2. The summed E-state index contributed by atoms with van der Waals surface area (Å²) in [6.45, 7) is 2.98. The van der Waals surface area contributed by atoms with E-state index in [-0.39, 0.29) is 18.7 Å². The number of hydrogen-bond donors (Lipinski definition) is 3. The summed E-state index contributed by atoms with van der Waals surface area (Å²) >= 11 is 0. The summed E-state index contributed by atoms with van der Waals surface area (Å²) < 4.78 is 0. The van der Waals surface area contributed by atoms with Crippen LogP contribution in [-0.4, -0.2) is 39.4 Å². The fourth-order valence-corrected chi connectivity index (χ4v) is 3.04. The van der Waals surface area contributed by atoms with Crippen molar-refractivity contribution in [2.45, 2.75) is 32.4 Å². The third kappa shape index (κ3) is 3.22. The summed E-state index contributed by atoms with van der Waals surface area (Å²) in [5.41, 5.74) is 4.10. The summed E-state index contributed by atoms with van der Waals surface area (Å²) in [4.78, 5) is 14.2. The first-order valence-electron chi connectivity index (χ1n) is 7.99. The smallest absolute Gasteiger partial charge is 0.318 e. The predicted octanol–water partition coefficient (Wildman–Crippen LogP) is 1.77. The number of benzene rings is 1. The van der Waals surface area contributed by atoms with E-state index in [2.05, 4.69) is 21.6 Å². The molecule has 0 radical (unpaired) electrons. The van der Waals surface area contributed by atoms with Crippen LogP contribution in [0.15, 0.2) is 30.3 Å². The molecule has 0 fully saturated rings. The van der Waals surface area contributed by atoms with Gasteiger partial charge in [0, 0.05) is 6.54 Å². The lowest BCUT2D eigenvalue weighted by molar-refractivity contribution is 0.126. The van der Waals surface area contributed by atoms with Gasteiger partial charge in [-0.1, -0.05) is 31.2 Å². The van der Waals surface area contributed by atoms with Crippen LogP contribution in [0.4, 0.5) is 4.79 Å². The number of amides is 2. The van der Waals surface area contributed by atoms with E-state index in [9.17, 15) is 9.90 Å². The van der Waals surface area contributed by atoms with E-state index in [1.807, 2.05) is 31.2 Å². The quantitative estimate of drug-likeness (QED) is 0.804. The molecule has 6 nitrogen and oxygen atoms in total. The van der Waals surface area contributed by atoms with Crippen LogP contribution in [0.2, 0.25) is 0 Å². The second-order valence-electron chi connectivity index (χ2n) is 5.74. The predicted molar refractivity (Wildman–Crippen MR) is 86.9 cm³/mol. The number of hydrogen-bond acceptors (Lipinski definition) is 3. The highest BCUT2D eigenvalue weighted by molar-refractivity contribution is 5.75. The Morgan fingerprint density at radius 3 is 3.04 bits per heavy atom. The highest BCUT2D eigenvalue weighted by atomic mass is 16.3. The van der Waals surface area contributed by atoms with Gasteiger partial charge in [0.15, 0.2) is 0 Å². The molecule has 0 aliphatic carbocycles. The van der Waals surface area contributed by atoms with Crippen molar-refractivity contribution in [2.24, 2.45) is 0 Å². The Balaban J connectivity index is 1.67. The average Bonchev–Trinajstić information content (AvgIpc) is 3.06. The van der Waals surface area contributed by atoms with Crippen molar-refractivity contribution in [1.82, 2.24) is 20.4 Å². The van der Waals surface area contributed by atoms with Crippen LogP contribution in [0.25, 0.3) is 0 Å². The lowest BCUT2D eigenvalue weighted by atomic mass is 9.93. The molecule has 2 aromatic rings. The van der Waals surface area contributed by atoms with Gasteiger partial charge in [-0.05, 0) is 30.0 Å². The molecular formula is C17H22N4O2.